The first-order valence-corrected chi connectivity index (χ1v) is 6.79. The van der Waals surface area contributed by atoms with Gasteiger partial charge in [-0.15, -0.1) is 0 Å². The van der Waals surface area contributed by atoms with Crippen LogP contribution in [-0.2, 0) is 9.59 Å². The molecule has 0 saturated heterocycles. The fourth-order valence-corrected chi connectivity index (χ4v) is 5.12. The van der Waals surface area contributed by atoms with Crippen molar-refractivity contribution in [2.45, 2.75) is 39.0 Å². The highest BCUT2D eigenvalue weighted by Gasteiger charge is 2.52. The fraction of sp³-hybridized carbons (Fsp3) is 0.857. The zero-order valence-corrected chi connectivity index (χ0v) is 10.3. The molecule has 0 aliphatic heterocycles. The molecule has 4 fully saturated rings. The topological polar surface area (TPSA) is 54.4 Å². The van der Waals surface area contributed by atoms with Gasteiger partial charge in [-0.2, -0.15) is 0 Å². The Bertz CT molecular complexity index is 318. The van der Waals surface area contributed by atoms with Gasteiger partial charge in [-0.05, 0) is 68.6 Å². The number of aliphatic carboxylic acids is 1. The number of carboxylic acid groups (broad SMARTS) is 1. The molecule has 0 radical (unpaired) electrons. The summed E-state index contributed by atoms with van der Waals surface area (Å²) >= 11 is 0. The maximum atomic E-state index is 11.6. The smallest absolute Gasteiger partial charge is 0.314 e. The SMILES string of the molecule is CC(=O)C(C(=O)O)C1C2CC3CC(C2)CC1C3. The summed E-state index contributed by atoms with van der Waals surface area (Å²) in [4.78, 5) is 23.0. The van der Waals surface area contributed by atoms with E-state index in [2.05, 4.69) is 0 Å². The van der Waals surface area contributed by atoms with Crippen molar-refractivity contribution in [3.8, 4) is 0 Å². The zero-order valence-electron chi connectivity index (χ0n) is 10.3. The summed E-state index contributed by atoms with van der Waals surface area (Å²) in [5.74, 6) is 1.05. The standard InChI is InChI=1S/C14H20O3/c1-7(15)12(14(16)17)13-10-3-8-2-9(5-10)6-11(13)4-8/h8-13H,2-6H2,1H3,(H,16,17). The van der Waals surface area contributed by atoms with Crippen molar-refractivity contribution in [1.29, 1.82) is 0 Å². The van der Waals surface area contributed by atoms with Crippen molar-refractivity contribution in [3.63, 3.8) is 0 Å². The lowest BCUT2D eigenvalue weighted by atomic mass is 9.49. The van der Waals surface area contributed by atoms with Gasteiger partial charge in [0, 0.05) is 0 Å². The Morgan fingerprint density at radius 2 is 1.47 bits per heavy atom. The molecule has 4 rings (SSSR count). The molecule has 0 aromatic heterocycles. The molecule has 1 N–H and O–H groups in total. The molecule has 3 heteroatoms. The Hall–Kier alpha value is -0.860. The number of carbonyl (C=O) groups is 2. The van der Waals surface area contributed by atoms with E-state index < -0.39 is 11.9 Å². The Balaban J connectivity index is 1.88. The average Bonchev–Trinajstić information content (AvgIpc) is 2.20. The average molecular weight is 236 g/mol. The van der Waals surface area contributed by atoms with E-state index in [1.807, 2.05) is 0 Å². The first-order valence-electron chi connectivity index (χ1n) is 6.79. The minimum Gasteiger partial charge on any atom is -0.481 e. The van der Waals surface area contributed by atoms with Crippen molar-refractivity contribution in [1.82, 2.24) is 0 Å². The van der Waals surface area contributed by atoms with Crippen LogP contribution in [0.4, 0.5) is 0 Å². The second-order valence-corrected chi connectivity index (χ2v) is 6.43. The lowest BCUT2D eigenvalue weighted by Crippen LogP contribution is -2.50. The van der Waals surface area contributed by atoms with Crippen LogP contribution in [0.2, 0.25) is 0 Å². The zero-order chi connectivity index (χ0) is 12.2. The molecule has 0 aromatic rings. The molecule has 0 heterocycles. The molecule has 0 aromatic carbocycles. The minimum atomic E-state index is -0.894. The molecule has 17 heavy (non-hydrogen) atoms. The lowest BCUT2D eigenvalue weighted by molar-refractivity contribution is -0.156. The van der Waals surface area contributed by atoms with Crippen LogP contribution in [0.15, 0.2) is 0 Å². The normalized spacial score (nSPS) is 44.6. The van der Waals surface area contributed by atoms with Gasteiger partial charge in [0.2, 0.25) is 0 Å². The third-order valence-electron chi connectivity index (χ3n) is 5.39. The molecule has 0 amide bonds. The van der Waals surface area contributed by atoms with Gasteiger partial charge in [0.05, 0.1) is 0 Å². The number of Topliss-reactive ketones (excluding diaryl/α,β-unsaturated/α-hetero) is 1. The maximum Gasteiger partial charge on any atom is 0.314 e. The van der Waals surface area contributed by atoms with E-state index in [-0.39, 0.29) is 11.7 Å². The summed E-state index contributed by atoms with van der Waals surface area (Å²) in [5.41, 5.74) is 0. The predicted octanol–water partition coefficient (Wildman–Crippen LogP) is 2.35. The Morgan fingerprint density at radius 1 is 1.00 bits per heavy atom. The van der Waals surface area contributed by atoms with Crippen molar-refractivity contribution in [2.75, 3.05) is 0 Å². The molecule has 0 spiro atoms. The summed E-state index contributed by atoms with van der Waals surface area (Å²) in [7, 11) is 0. The second kappa shape index (κ2) is 3.82. The molecule has 4 aliphatic rings. The number of carbonyl (C=O) groups excluding carboxylic acids is 1. The van der Waals surface area contributed by atoms with E-state index in [9.17, 15) is 14.7 Å². The predicted molar refractivity (Wildman–Crippen MR) is 62.3 cm³/mol. The molecule has 4 saturated carbocycles. The molecule has 94 valence electrons. The van der Waals surface area contributed by atoms with Crippen LogP contribution in [0.1, 0.15) is 39.0 Å². The largest absolute Gasteiger partial charge is 0.481 e. The monoisotopic (exact) mass is 236 g/mol. The highest BCUT2D eigenvalue weighted by atomic mass is 16.4. The van der Waals surface area contributed by atoms with Gasteiger partial charge in [0.25, 0.3) is 0 Å². The molecule has 3 nitrogen and oxygen atoms in total. The third-order valence-corrected chi connectivity index (χ3v) is 5.39. The van der Waals surface area contributed by atoms with Crippen LogP contribution in [-0.4, -0.2) is 16.9 Å². The van der Waals surface area contributed by atoms with E-state index in [0.29, 0.717) is 11.8 Å². The Kier molecular flexibility index (Phi) is 2.53. The maximum absolute atomic E-state index is 11.6. The van der Waals surface area contributed by atoms with Crippen LogP contribution < -0.4 is 0 Å². The van der Waals surface area contributed by atoms with Gasteiger partial charge in [0.1, 0.15) is 11.7 Å². The highest BCUT2D eigenvalue weighted by molar-refractivity contribution is 5.97. The van der Waals surface area contributed by atoms with Crippen molar-refractivity contribution < 1.29 is 14.7 Å². The van der Waals surface area contributed by atoms with Crippen molar-refractivity contribution in [3.05, 3.63) is 0 Å². The number of ketones is 1. The summed E-state index contributed by atoms with van der Waals surface area (Å²) in [6.07, 6.45) is 6.06. The van der Waals surface area contributed by atoms with Gasteiger partial charge in [0.15, 0.2) is 0 Å². The second-order valence-electron chi connectivity index (χ2n) is 6.43. The fourth-order valence-electron chi connectivity index (χ4n) is 5.12. The third kappa shape index (κ3) is 1.71. The number of rotatable bonds is 3. The number of carboxylic acids is 1. The van der Waals surface area contributed by atoms with Gasteiger partial charge >= 0.3 is 5.97 Å². The molecule has 4 bridgehead atoms. The first kappa shape index (κ1) is 11.2. The van der Waals surface area contributed by atoms with Crippen LogP contribution in [0.5, 0.6) is 0 Å². The van der Waals surface area contributed by atoms with E-state index >= 15 is 0 Å². The highest BCUT2D eigenvalue weighted by Crippen LogP contribution is 2.58. The molecular formula is C14H20O3. The van der Waals surface area contributed by atoms with Crippen LogP contribution >= 0.6 is 0 Å². The van der Waals surface area contributed by atoms with Gasteiger partial charge in [-0.25, -0.2) is 0 Å². The number of hydrogen-bond donors (Lipinski definition) is 1. The summed E-state index contributed by atoms with van der Waals surface area (Å²) in [6.45, 7) is 1.45. The van der Waals surface area contributed by atoms with Gasteiger partial charge in [-0.3, -0.25) is 9.59 Å². The molecule has 1 unspecified atom stereocenters. The summed E-state index contributed by atoms with van der Waals surface area (Å²) < 4.78 is 0. The van der Waals surface area contributed by atoms with E-state index in [1.54, 1.807) is 0 Å². The van der Waals surface area contributed by atoms with Gasteiger partial charge < -0.3 is 5.11 Å². The van der Waals surface area contributed by atoms with Gasteiger partial charge in [-0.1, -0.05) is 0 Å². The van der Waals surface area contributed by atoms with Crippen LogP contribution in [0.3, 0.4) is 0 Å². The first-order chi connectivity index (χ1) is 8.06. The van der Waals surface area contributed by atoms with E-state index in [4.69, 9.17) is 0 Å². The molecule has 1 atom stereocenters. The van der Waals surface area contributed by atoms with E-state index in [0.717, 1.165) is 11.8 Å². The summed E-state index contributed by atoms with van der Waals surface area (Å²) in [6, 6.07) is 0. The Labute approximate surface area is 102 Å². The molecule has 4 aliphatic carbocycles. The number of hydrogen-bond acceptors (Lipinski definition) is 2. The quantitative estimate of drug-likeness (QED) is 0.765. The minimum absolute atomic E-state index is 0.137. The van der Waals surface area contributed by atoms with Crippen LogP contribution in [0, 0.1) is 35.5 Å². The summed E-state index contributed by atoms with van der Waals surface area (Å²) in [5, 5.41) is 9.31. The van der Waals surface area contributed by atoms with Crippen molar-refractivity contribution in [2.24, 2.45) is 35.5 Å². The van der Waals surface area contributed by atoms with E-state index in [1.165, 1.54) is 39.0 Å². The van der Waals surface area contributed by atoms with Crippen molar-refractivity contribution >= 4 is 11.8 Å². The Morgan fingerprint density at radius 3 is 1.82 bits per heavy atom. The molecular weight excluding hydrogens is 216 g/mol. The van der Waals surface area contributed by atoms with Crippen LogP contribution in [0.25, 0.3) is 0 Å². The lowest BCUT2D eigenvalue weighted by Gasteiger charge is -2.55.